The normalized spacial score (nSPS) is 13.6. The Balaban J connectivity index is 1.21. The Bertz CT molecular complexity index is 2520. The molecular weight excluding hydrogens is 667 g/mol. The Hall–Kier alpha value is -6.36. The van der Waals surface area contributed by atoms with Crippen molar-refractivity contribution in [3.63, 3.8) is 0 Å². The molecule has 0 saturated heterocycles. The number of thiophene rings is 1. The largest absolute Gasteiger partial charge is 0.485 e. The second kappa shape index (κ2) is 13.0. The van der Waals surface area contributed by atoms with Crippen molar-refractivity contribution in [1.82, 2.24) is 0 Å². The third kappa shape index (κ3) is 5.02. The minimum Gasteiger partial charge on any atom is -0.485 e. The first-order valence-electron chi connectivity index (χ1n) is 18.1. The minimum atomic E-state index is -0.473. The zero-order chi connectivity index (χ0) is 35.2. The average Bonchev–Trinajstić information content (AvgIpc) is 3.77. The van der Waals surface area contributed by atoms with Gasteiger partial charge in [0.05, 0.1) is 16.0 Å². The number of rotatable bonds is 7. The Morgan fingerprint density at radius 3 is 1.57 bits per heavy atom. The maximum atomic E-state index is 6.53. The van der Waals surface area contributed by atoms with Crippen molar-refractivity contribution in [2.45, 2.75) is 5.41 Å². The lowest BCUT2D eigenvalue weighted by Crippen LogP contribution is -2.28. The molecule has 1 aliphatic heterocycles. The Labute approximate surface area is 314 Å². The summed E-state index contributed by atoms with van der Waals surface area (Å²) in [6.07, 6.45) is 0. The van der Waals surface area contributed by atoms with Gasteiger partial charge in [-0.3, -0.25) is 4.90 Å². The first-order valence-corrected chi connectivity index (χ1v) is 18.9. The van der Waals surface area contributed by atoms with Crippen molar-refractivity contribution in [3.05, 3.63) is 210 Å². The molecular formula is C49H35NO2S. The highest BCUT2D eigenvalue weighted by Crippen LogP contribution is 2.59. The summed E-state index contributed by atoms with van der Waals surface area (Å²) < 4.78 is 12.9. The van der Waals surface area contributed by atoms with Crippen LogP contribution in [0.25, 0.3) is 32.7 Å². The molecule has 7 aromatic carbocycles. The van der Waals surface area contributed by atoms with Crippen molar-refractivity contribution in [2.75, 3.05) is 18.1 Å². The fourth-order valence-electron chi connectivity index (χ4n) is 8.33. The van der Waals surface area contributed by atoms with Crippen LogP contribution in [0.1, 0.15) is 22.3 Å². The fourth-order valence-corrected chi connectivity index (χ4v) is 9.56. The van der Waals surface area contributed by atoms with Crippen molar-refractivity contribution >= 4 is 27.7 Å². The van der Waals surface area contributed by atoms with E-state index < -0.39 is 5.41 Å². The van der Waals surface area contributed by atoms with Gasteiger partial charge in [-0.25, -0.2) is 0 Å². The first-order chi connectivity index (χ1) is 26.3. The van der Waals surface area contributed by atoms with E-state index in [1.54, 1.807) is 11.3 Å². The van der Waals surface area contributed by atoms with E-state index in [0.29, 0.717) is 13.2 Å². The van der Waals surface area contributed by atoms with Gasteiger partial charge in [-0.05, 0) is 62.7 Å². The SMILES string of the molecule is c1ccc(-c2ccccc2N(c2ccc(C3(c4ccccc4)c4ccccc4-c4ccccc43)cc2)c2sc(-c3ccccc3)c3c2OCCO3)cc1. The molecule has 8 aromatic rings. The number of para-hydroxylation sites is 1. The van der Waals surface area contributed by atoms with Crippen LogP contribution in [-0.2, 0) is 5.41 Å². The molecule has 1 aromatic heterocycles. The summed E-state index contributed by atoms with van der Waals surface area (Å²) in [4.78, 5) is 3.43. The number of fused-ring (bicyclic) bond motifs is 4. The van der Waals surface area contributed by atoms with Gasteiger partial charge < -0.3 is 9.47 Å². The number of ether oxygens (including phenoxy) is 2. The highest BCUT2D eigenvalue weighted by molar-refractivity contribution is 7.20. The Morgan fingerprint density at radius 1 is 0.434 bits per heavy atom. The number of anilines is 3. The average molecular weight is 702 g/mol. The number of benzene rings is 7. The lowest BCUT2D eigenvalue weighted by atomic mass is 9.68. The van der Waals surface area contributed by atoms with Crippen LogP contribution in [-0.4, -0.2) is 13.2 Å². The van der Waals surface area contributed by atoms with Crippen LogP contribution in [0.15, 0.2) is 188 Å². The highest BCUT2D eigenvalue weighted by atomic mass is 32.1. The van der Waals surface area contributed by atoms with E-state index in [1.165, 1.54) is 33.4 Å². The Morgan fingerprint density at radius 2 is 0.925 bits per heavy atom. The molecule has 53 heavy (non-hydrogen) atoms. The van der Waals surface area contributed by atoms with Crippen molar-refractivity contribution in [2.24, 2.45) is 0 Å². The molecule has 2 aliphatic rings. The molecule has 0 unspecified atom stereocenters. The van der Waals surface area contributed by atoms with E-state index in [2.05, 4.69) is 193 Å². The second-order valence-corrected chi connectivity index (χ2v) is 14.4. The number of hydrogen-bond acceptors (Lipinski definition) is 4. The predicted molar refractivity (Wildman–Crippen MR) is 218 cm³/mol. The minimum absolute atomic E-state index is 0.473. The molecule has 0 N–H and O–H groups in total. The van der Waals surface area contributed by atoms with Crippen LogP contribution in [0.2, 0.25) is 0 Å². The molecule has 0 bridgehead atoms. The van der Waals surface area contributed by atoms with E-state index in [-0.39, 0.29) is 0 Å². The quantitative estimate of drug-likeness (QED) is 0.165. The molecule has 0 radical (unpaired) electrons. The van der Waals surface area contributed by atoms with Gasteiger partial charge in [0.15, 0.2) is 11.5 Å². The molecule has 0 fully saturated rings. The first kappa shape index (κ1) is 31.4. The summed E-state index contributed by atoms with van der Waals surface area (Å²) in [6, 6.07) is 67.7. The lowest BCUT2D eigenvalue weighted by Gasteiger charge is -2.34. The maximum absolute atomic E-state index is 6.53. The van der Waals surface area contributed by atoms with E-state index in [1.807, 2.05) is 0 Å². The molecule has 1 aliphatic carbocycles. The van der Waals surface area contributed by atoms with Crippen molar-refractivity contribution in [3.8, 4) is 44.2 Å². The zero-order valence-corrected chi connectivity index (χ0v) is 29.8. The van der Waals surface area contributed by atoms with Gasteiger partial charge in [0.2, 0.25) is 0 Å². The smallest absolute Gasteiger partial charge is 0.197 e. The van der Waals surface area contributed by atoms with E-state index in [4.69, 9.17) is 9.47 Å². The topological polar surface area (TPSA) is 21.7 Å². The summed E-state index contributed by atoms with van der Waals surface area (Å²) in [5.74, 6) is 1.59. The third-order valence-electron chi connectivity index (χ3n) is 10.6. The van der Waals surface area contributed by atoms with Gasteiger partial charge >= 0.3 is 0 Å². The van der Waals surface area contributed by atoms with Gasteiger partial charge in [-0.1, -0.05) is 170 Å². The zero-order valence-electron chi connectivity index (χ0n) is 29.0. The predicted octanol–water partition coefficient (Wildman–Crippen LogP) is 12.7. The molecule has 2 heterocycles. The van der Waals surface area contributed by atoms with Crippen LogP contribution < -0.4 is 14.4 Å². The van der Waals surface area contributed by atoms with Crippen LogP contribution in [0.3, 0.4) is 0 Å². The summed E-state index contributed by atoms with van der Waals surface area (Å²) in [6.45, 7) is 1.01. The van der Waals surface area contributed by atoms with Crippen LogP contribution >= 0.6 is 11.3 Å². The molecule has 254 valence electrons. The van der Waals surface area contributed by atoms with E-state index in [0.717, 1.165) is 49.4 Å². The number of nitrogens with zero attached hydrogens (tertiary/aromatic N) is 1. The molecule has 3 nitrogen and oxygen atoms in total. The van der Waals surface area contributed by atoms with E-state index in [9.17, 15) is 0 Å². The van der Waals surface area contributed by atoms with Crippen LogP contribution in [0.4, 0.5) is 16.4 Å². The second-order valence-electron chi connectivity index (χ2n) is 13.4. The van der Waals surface area contributed by atoms with Crippen molar-refractivity contribution < 1.29 is 9.47 Å². The van der Waals surface area contributed by atoms with Gasteiger partial charge in [-0.2, -0.15) is 0 Å². The fraction of sp³-hybridized carbons (Fsp3) is 0.0612. The third-order valence-corrected chi connectivity index (χ3v) is 11.8. The summed E-state index contributed by atoms with van der Waals surface area (Å²) in [7, 11) is 0. The lowest BCUT2D eigenvalue weighted by molar-refractivity contribution is 0.175. The van der Waals surface area contributed by atoms with Crippen LogP contribution in [0.5, 0.6) is 11.5 Å². The molecule has 0 amide bonds. The monoisotopic (exact) mass is 701 g/mol. The highest BCUT2D eigenvalue weighted by Gasteiger charge is 2.46. The standard InChI is InChI=1S/C49H35NO2S/c1-4-16-34(17-5-1)39-22-12-15-27-44(39)50(48-46-45(51-32-33-52-46)47(53-48)35-18-6-2-7-19-35)38-30-28-37(29-31-38)49(36-20-8-3-9-21-36)42-25-13-10-23-40(42)41-24-11-14-26-43(41)49/h1-31H,32-33H2. The summed E-state index contributed by atoms with van der Waals surface area (Å²) in [5.41, 5.74) is 12.7. The maximum Gasteiger partial charge on any atom is 0.197 e. The molecule has 0 spiro atoms. The molecule has 0 saturated carbocycles. The molecule has 0 atom stereocenters. The van der Waals surface area contributed by atoms with Gasteiger partial charge in [0.25, 0.3) is 0 Å². The van der Waals surface area contributed by atoms with Crippen LogP contribution in [0, 0.1) is 0 Å². The Kier molecular flexibility index (Phi) is 7.70. The van der Waals surface area contributed by atoms with Gasteiger partial charge in [0, 0.05) is 11.3 Å². The van der Waals surface area contributed by atoms with Gasteiger partial charge in [0.1, 0.15) is 18.2 Å². The summed E-state index contributed by atoms with van der Waals surface area (Å²) >= 11 is 1.71. The van der Waals surface area contributed by atoms with Gasteiger partial charge in [-0.15, -0.1) is 11.3 Å². The summed E-state index contributed by atoms with van der Waals surface area (Å²) in [5, 5.41) is 0.990. The van der Waals surface area contributed by atoms with E-state index >= 15 is 0 Å². The molecule has 10 rings (SSSR count). The molecule has 4 heteroatoms. The number of hydrogen-bond donors (Lipinski definition) is 0. The van der Waals surface area contributed by atoms with Crippen molar-refractivity contribution in [1.29, 1.82) is 0 Å².